The van der Waals surface area contributed by atoms with Gasteiger partial charge in [0.25, 0.3) is 0 Å². The van der Waals surface area contributed by atoms with Gasteiger partial charge in [0.2, 0.25) is 0 Å². The number of hydrogen-bond acceptors (Lipinski definition) is 3. The van der Waals surface area contributed by atoms with Crippen LogP contribution in [0.4, 0.5) is 0 Å². The van der Waals surface area contributed by atoms with Gasteiger partial charge in [0, 0.05) is 18.7 Å². The van der Waals surface area contributed by atoms with Crippen LogP contribution in [-0.2, 0) is 9.47 Å². The minimum Gasteiger partial charge on any atom is -0.376 e. The molecule has 112 valence electrons. The van der Waals surface area contributed by atoms with Gasteiger partial charge in [0.15, 0.2) is 0 Å². The van der Waals surface area contributed by atoms with E-state index in [1.54, 1.807) is 0 Å². The summed E-state index contributed by atoms with van der Waals surface area (Å²) >= 11 is 0. The molecule has 1 fully saturated rings. The van der Waals surface area contributed by atoms with E-state index in [9.17, 15) is 0 Å². The molecule has 0 aromatic heterocycles. The van der Waals surface area contributed by atoms with Gasteiger partial charge >= 0.3 is 0 Å². The Kier molecular flexibility index (Phi) is 5.58. The molecule has 1 heterocycles. The lowest BCUT2D eigenvalue weighted by molar-refractivity contribution is -0.0226. The maximum absolute atomic E-state index is 6.12. The highest BCUT2D eigenvalue weighted by Crippen LogP contribution is 2.20. The van der Waals surface area contributed by atoms with E-state index in [-0.39, 0.29) is 17.7 Å². The van der Waals surface area contributed by atoms with Crippen LogP contribution in [-0.4, -0.2) is 31.4 Å². The Morgan fingerprint density at radius 2 is 2.05 bits per heavy atom. The zero-order chi connectivity index (χ0) is 14.4. The lowest BCUT2D eigenvalue weighted by Gasteiger charge is -2.26. The van der Waals surface area contributed by atoms with Gasteiger partial charge in [-0.05, 0) is 39.2 Å². The quantitative estimate of drug-likeness (QED) is 0.865. The summed E-state index contributed by atoms with van der Waals surface area (Å²) in [6.07, 6.45) is 2.63. The van der Waals surface area contributed by atoms with Crippen molar-refractivity contribution >= 4 is 0 Å². The third-order valence-corrected chi connectivity index (χ3v) is 3.50. The van der Waals surface area contributed by atoms with E-state index in [0.717, 1.165) is 26.0 Å². The molecular weight excluding hydrogens is 250 g/mol. The highest BCUT2D eigenvalue weighted by atomic mass is 16.5. The van der Waals surface area contributed by atoms with E-state index in [0.29, 0.717) is 6.61 Å². The van der Waals surface area contributed by atoms with Crippen molar-refractivity contribution < 1.29 is 9.47 Å². The first-order valence-electron chi connectivity index (χ1n) is 7.58. The summed E-state index contributed by atoms with van der Waals surface area (Å²) in [5.74, 6) is 0. The van der Waals surface area contributed by atoms with E-state index in [2.05, 4.69) is 50.4 Å². The molecule has 1 aromatic rings. The largest absolute Gasteiger partial charge is 0.376 e. The molecule has 1 aromatic carbocycles. The van der Waals surface area contributed by atoms with Crippen molar-refractivity contribution in [3.63, 3.8) is 0 Å². The molecule has 2 unspecified atom stereocenters. The monoisotopic (exact) mass is 277 g/mol. The van der Waals surface area contributed by atoms with Crippen LogP contribution in [0, 0.1) is 0 Å². The molecule has 3 nitrogen and oxygen atoms in total. The average Bonchev–Trinajstić information content (AvgIpc) is 2.92. The molecule has 1 aliphatic rings. The van der Waals surface area contributed by atoms with Crippen molar-refractivity contribution in [2.45, 2.75) is 51.4 Å². The zero-order valence-corrected chi connectivity index (χ0v) is 12.9. The van der Waals surface area contributed by atoms with Gasteiger partial charge in [-0.2, -0.15) is 0 Å². The molecule has 2 atom stereocenters. The van der Waals surface area contributed by atoms with E-state index in [1.165, 1.54) is 5.56 Å². The van der Waals surface area contributed by atoms with Crippen molar-refractivity contribution in [3.8, 4) is 0 Å². The second-order valence-electron chi connectivity index (χ2n) is 6.50. The predicted molar refractivity (Wildman–Crippen MR) is 81.9 cm³/mol. The van der Waals surface area contributed by atoms with Crippen molar-refractivity contribution in [2.75, 3.05) is 19.8 Å². The number of nitrogens with one attached hydrogen (secondary N) is 1. The van der Waals surface area contributed by atoms with E-state index in [4.69, 9.17) is 9.47 Å². The van der Waals surface area contributed by atoms with E-state index in [1.807, 2.05) is 6.07 Å². The van der Waals surface area contributed by atoms with Crippen LogP contribution in [0.25, 0.3) is 0 Å². The van der Waals surface area contributed by atoms with Crippen LogP contribution < -0.4 is 5.32 Å². The first-order chi connectivity index (χ1) is 9.54. The first-order valence-corrected chi connectivity index (χ1v) is 7.58. The topological polar surface area (TPSA) is 30.5 Å². The molecule has 0 spiro atoms. The molecule has 1 saturated heterocycles. The first kappa shape index (κ1) is 15.5. The third kappa shape index (κ3) is 5.23. The number of benzene rings is 1. The lowest BCUT2D eigenvalue weighted by atomic mass is 10.1. The molecule has 2 rings (SSSR count). The Labute approximate surface area is 122 Å². The minimum absolute atomic E-state index is 0.0830. The number of ether oxygens (including phenoxy) is 2. The summed E-state index contributed by atoms with van der Waals surface area (Å²) < 4.78 is 11.8. The number of rotatable bonds is 6. The maximum Gasteiger partial charge on any atom is 0.0950 e. The Morgan fingerprint density at radius 3 is 2.65 bits per heavy atom. The highest BCUT2D eigenvalue weighted by molar-refractivity contribution is 5.18. The summed E-state index contributed by atoms with van der Waals surface area (Å²) in [4.78, 5) is 0. The predicted octanol–water partition coefficient (Wildman–Crippen LogP) is 3.31. The second-order valence-corrected chi connectivity index (χ2v) is 6.50. The Morgan fingerprint density at radius 1 is 1.30 bits per heavy atom. The summed E-state index contributed by atoms with van der Waals surface area (Å²) in [6.45, 7) is 8.91. The summed E-state index contributed by atoms with van der Waals surface area (Å²) in [7, 11) is 0. The van der Waals surface area contributed by atoms with Crippen LogP contribution in [0.5, 0.6) is 0 Å². The molecule has 1 aliphatic heterocycles. The summed E-state index contributed by atoms with van der Waals surface area (Å²) in [5.41, 5.74) is 1.32. The molecule has 1 N–H and O–H groups in total. The Hall–Kier alpha value is -0.900. The standard InChI is InChI=1S/C17H27NO2/c1-17(2,3)18-12-16(14-8-5-4-6-9-14)20-13-15-10-7-11-19-15/h4-6,8-9,15-16,18H,7,10-13H2,1-3H3. The van der Waals surface area contributed by atoms with Crippen LogP contribution in [0.2, 0.25) is 0 Å². The molecule has 0 bridgehead atoms. The van der Waals surface area contributed by atoms with Crippen molar-refractivity contribution in [3.05, 3.63) is 35.9 Å². The average molecular weight is 277 g/mol. The SMILES string of the molecule is CC(C)(C)NCC(OCC1CCCO1)c1ccccc1. The molecule has 0 aliphatic carbocycles. The molecule has 20 heavy (non-hydrogen) atoms. The summed E-state index contributed by atoms with van der Waals surface area (Å²) in [6, 6.07) is 10.4. The van der Waals surface area contributed by atoms with Crippen LogP contribution in [0.15, 0.2) is 30.3 Å². The van der Waals surface area contributed by atoms with E-state index >= 15 is 0 Å². The molecule has 3 heteroatoms. The van der Waals surface area contributed by atoms with Crippen LogP contribution in [0.3, 0.4) is 0 Å². The van der Waals surface area contributed by atoms with Crippen molar-refractivity contribution in [2.24, 2.45) is 0 Å². The van der Waals surface area contributed by atoms with Gasteiger partial charge in [-0.1, -0.05) is 30.3 Å². The van der Waals surface area contributed by atoms with Crippen LogP contribution >= 0.6 is 0 Å². The zero-order valence-electron chi connectivity index (χ0n) is 12.9. The summed E-state index contributed by atoms with van der Waals surface area (Å²) in [5, 5.41) is 3.53. The van der Waals surface area contributed by atoms with E-state index < -0.39 is 0 Å². The molecule has 0 amide bonds. The molecular formula is C17H27NO2. The fourth-order valence-electron chi connectivity index (χ4n) is 2.34. The van der Waals surface area contributed by atoms with Gasteiger partial charge in [-0.15, -0.1) is 0 Å². The molecule has 0 saturated carbocycles. The third-order valence-electron chi connectivity index (χ3n) is 3.50. The van der Waals surface area contributed by atoms with Crippen LogP contribution in [0.1, 0.15) is 45.3 Å². The molecule has 0 radical (unpaired) electrons. The van der Waals surface area contributed by atoms with Gasteiger partial charge in [0.1, 0.15) is 0 Å². The maximum atomic E-state index is 6.12. The normalized spacial score (nSPS) is 21.1. The number of hydrogen-bond donors (Lipinski definition) is 1. The van der Waals surface area contributed by atoms with Gasteiger partial charge in [0.05, 0.1) is 18.8 Å². The fourth-order valence-corrected chi connectivity index (χ4v) is 2.34. The highest BCUT2D eigenvalue weighted by Gasteiger charge is 2.20. The van der Waals surface area contributed by atoms with Crippen molar-refractivity contribution in [1.82, 2.24) is 5.32 Å². The van der Waals surface area contributed by atoms with Crippen molar-refractivity contribution in [1.29, 1.82) is 0 Å². The fraction of sp³-hybridized carbons (Fsp3) is 0.647. The Balaban J connectivity index is 1.92. The second kappa shape index (κ2) is 7.21. The smallest absolute Gasteiger partial charge is 0.0950 e. The van der Waals surface area contributed by atoms with Gasteiger partial charge in [-0.25, -0.2) is 0 Å². The van der Waals surface area contributed by atoms with Gasteiger partial charge in [-0.3, -0.25) is 0 Å². The van der Waals surface area contributed by atoms with Gasteiger partial charge < -0.3 is 14.8 Å². The Bertz CT molecular complexity index is 380. The lowest BCUT2D eigenvalue weighted by Crippen LogP contribution is -2.39. The minimum atomic E-state index is 0.0830.